The SMILES string of the molecule is Cc1ccc(C(=O)OCc2c(F)cccc2F)cc1N. The molecule has 0 bridgehead atoms. The number of nitrogen functional groups attached to an aromatic ring is 1. The Morgan fingerprint density at radius 2 is 1.85 bits per heavy atom. The molecule has 0 aliphatic carbocycles. The van der Waals surface area contributed by atoms with E-state index in [0.29, 0.717) is 5.69 Å². The van der Waals surface area contributed by atoms with Gasteiger partial charge in [0, 0.05) is 5.69 Å². The Morgan fingerprint density at radius 3 is 2.45 bits per heavy atom. The van der Waals surface area contributed by atoms with E-state index >= 15 is 0 Å². The monoisotopic (exact) mass is 277 g/mol. The van der Waals surface area contributed by atoms with Crippen LogP contribution in [0.4, 0.5) is 14.5 Å². The van der Waals surface area contributed by atoms with Crippen molar-refractivity contribution in [2.75, 3.05) is 5.73 Å². The summed E-state index contributed by atoms with van der Waals surface area (Å²) < 4.78 is 31.6. The average Bonchev–Trinajstić information content (AvgIpc) is 2.41. The number of benzene rings is 2. The minimum Gasteiger partial charge on any atom is -0.457 e. The molecule has 0 spiro atoms. The Labute approximate surface area is 115 Å². The van der Waals surface area contributed by atoms with Gasteiger partial charge >= 0.3 is 5.97 Å². The van der Waals surface area contributed by atoms with Gasteiger partial charge in [-0.15, -0.1) is 0 Å². The molecule has 20 heavy (non-hydrogen) atoms. The molecular formula is C15H13F2NO2. The summed E-state index contributed by atoms with van der Waals surface area (Å²) in [4.78, 5) is 11.8. The second-order valence-corrected chi connectivity index (χ2v) is 4.35. The molecule has 0 atom stereocenters. The highest BCUT2D eigenvalue weighted by atomic mass is 19.1. The van der Waals surface area contributed by atoms with Crippen LogP contribution in [-0.2, 0) is 11.3 Å². The maximum Gasteiger partial charge on any atom is 0.338 e. The summed E-state index contributed by atoms with van der Waals surface area (Å²) >= 11 is 0. The molecule has 0 aromatic heterocycles. The highest BCUT2D eigenvalue weighted by Gasteiger charge is 2.13. The molecule has 0 heterocycles. The van der Waals surface area contributed by atoms with E-state index in [2.05, 4.69) is 0 Å². The molecule has 3 nitrogen and oxygen atoms in total. The highest BCUT2D eigenvalue weighted by Crippen LogP contribution is 2.16. The number of esters is 1. The molecule has 0 fully saturated rings. The van der Waals surface area contributed by atoms with Crippen molar-refractivity contribution >= 4 is 11.7 Å². The predicted octanol–water partition coefficient (Wildman–Crippen LogP) is 3.21. The first kappa shape index (κ1) is 14.0. The van der Waals surface area contributed by atoms with E-state index in [1.54, 1.807) is 19.1 Å². The van der Waals surface area contributed by atoms with Crippen LogP contribution >= 0.6 is 0 Å². The van der Waals surface area contributed by atoms with Crippen molar-refractivity contribution < 1.29 is 18.3 Å². The number of ether oxygens (including phenoxy) is 1. The molecule has 0 radical (unpaired) electrons. The summed E-state index contributed by atoms with van der Waals surface area (Å²) in [6.07, 6.45) is 0. The summed E-state index contributed by atoms with van der Waals surface area (Å²) in [6, 6.07) is 8.15. The lowest BCUT2D eigenvalue weighted by atomic mass is 10.1. The molecular weight excluding hydrogens is 264 g/mol. The molecule has 2 aromatic rings. The smallest absolute Gasteiger partial charge is 0.338 e. The third-order valence-corrected chi connectivity index (χ3v) is 2.92. The highest BCUT2D eigenvalue weighted by molar-refractivity contribution is 5.90. The van der Waals surface area contributed by atoms with Crippen molar-refractivity contribution in [2.24, 2.45) is 0 Å². The first-order chi connectivity index (χ1) is 9.49. The van der Waals surface area contributed by atoms with Crippen LogP contribution in [-0.4, -0.2) is 5.97 Å². The number of hydrogen-bond donors (Lipinski definition) is 1. The van der Waals surface area contributed by atoms with Crippen molar-refractivity contribution in [3.63, 3.8) is 0 Å². The lowest BCUT2D eigenvalue weighted by Crippen LogP contribution is -2.08. The largest absolute Gasteiger partial charge is 0.457 e. The molecule has 0 amide bonds. The quantitative estimate of drug-likeness (QED) is 0.692. The second-order valence-electron chi connectivity index (χ2n) is 4.35. The van der Waals surface area contributed by atoms with Gasteiger partial charge in [0.05, 0.1) is 11.1 Å². The molecule has 2 N–H and O–H groups in total. The van der Waals surface area contributed by atoms with E-state index in [9.17, 15) is 13.6 Å². The molecule has 5 heteroatoms. The fourth-order valence-corrected chi connectivity index (χ4v) is 1.66. The van der Waals surface area contributed by atoms with Gasteiger partial charge in [-0.3, -0.25) is 0 Å². The van der Waals surface area contributed by atoms with Gasteiger partial charge in [-0.2, -0.15) is 0 Å². The Kier molecular flexibility index (Phi) is 3.98. The summed E-state index contributed by atoms with van der Waals surface area (Å²) in [5, 5.41) is 0. The first-order valence-electron chi connectivity index (χ1n) is 5.95. The average molecular weight is 277 g/mol. The number of nitrogens with two attached hydrogens (primary N) is 1. The van der Waals surface area contributed by atoms with Crippen LogP contribution in [0.2, 0.25) is 0 Å². The fourth-order valence-electron chi connectivity index (χ4n) is 1.66. The van der Waals surface area contributed by atoms with E-state index in [1.807, 2.05) is 0 Å². The van der Waals surface area contributed by atoms with Crippen LogP contribution in [0.25, 0.3) is 0 Å². The number of aryl methyl sites for hydroxylation is 1. The number of carbonyl (C=O) groups excluding carboxylic acids is 1. The van der Waals surface area contributed by atoms with Gasteiger partial charge < -0.3 is 10.5 Å². The van der Waals surface area contributed by atoms with Gasteiger partial charge in [-0.25, -0.2) is 13.6 Å². The lowest BCUT2D eigenvalue weighted by Gasteiger charge is -2.08. The van der Waals surface area contributed by atoms with Crippen molar-refractivity contribution in [1.82, 2.24) is 0 Å². The summed E-state index contributed by atoms with van der Waals surface area (Å²) in [6.45, 7) is 1.34. The number of hydrogen-bond acceptors (Lipinski definition) is 3. The minimum absolute atomic E-state index is 0.241. The Hall–Kier alpha value is -2.43. The normalized spacial score (nSPS) is 10.3. The maximum absolute atomic E-state index is 13.4. The van der Waals surface area contributed by atoms with Crippen molar-refractivity contribution in [3.05, 3.63) is 64.7 Å². The maximum atomic E-state index is 13.4. The zero-order valence-electron chi connectivity index (χ0n) is 10.8. The van der Waals surface area contributed by atoms with E-state index in [-0.39, 0.29) is 11.1 Å². The van der Waals surface area contributed by atoms with Gasteiger partial charge in [-0.05, 0) is 36.8 Å². The molecule has 0 unspecified atom stereocenters. The topological polar surface area (TPSA) is 52.3 Å². The Morgan fingerprint density at radius 1 is 1.20 bits per heavy atom. The molecule has 2 aromatic carbocycles. The van der Waals surface area contributed by atoms with E-state index in [1.165, 1.54) is 12.1 Å². The number of anilines is 1. The zero-order chi connectivity index (χ0) is 14.7. The van der Waals surface area contributed by atoms with E-state index < -0.39 is 24.2 Å². The lowest BCUT2D eigenvalue weighted by molar-refractivity contribution is 0.0465. The van der Waals surface area contributed by atoms with Crippen molar-refractivity contribution in [3.8, 4) is 0 Å². The van der Waals surface area contributed by atoms with Crippen molar-refractivity contribution in [1.29, 1.82) is 0 Å². The predicted molar refractivity (Wildman–Crippen MR) is 71.1 cm³/mol. The first-order valence-corrected chi connectivity index (χ1v) is 5.95. The molecule has 0 aliphatic heterocycles. The van der Waals surface area contributed by atoms with Crippen molar-refractivity contribution in [2.45, 2.75) is 13.5 Å². The third-order valence-electron chi connectivity index (χ3n) is 2.92. The van der Waals surface area contributed by atoms with Crippen LogP contribution < -0.4 is 5.73 Å². The van der Waals surface area contributed by atoms with Crippen LogP contribution in [0.15, 0.2) is 36.4 Å². The van der Waals surface area contributed by atoms with Crippen LogP contribution in [0.5, 0.6) is 0 Å². The van der Waals surface area contributed by atoms with Gasteiger partial charge in [0.15, 0.2) is 0 Å². The third kappa shape index (κ3) is 2.93. The van der Waals surface area contributed by atoms with Gasteiger partial charge in [0.2, 0.25) is 0 Å². The fraction of sp³-hybridized carbons (Fsp3) is 0.133. The molecule has 0 saturated carbocycles. The second kappa shape index (κ2) is 5.69. The molecule has 104 valence electrons. The van der Waals surface area contributed by atoms with Crippen LogP contribution in [0.1, 0.15) is 21.5 Å². The Bertz CT molecular complexity index is 636. The zero-order valence-corrected chi connectivity index (χ0v) is 10.8. The minimum atomic E-state index is -0.749. The van der Waals surface area contributed by atoms with Crippen LogP contribution in [0.3, 0.4) is 0 Å². The molecule has 2 rings (SSSR count). The summed E-state index contributed by atoms with van der Waals surface area (Å²) in [5.74, 6) is -2.18. The van der Waals surface area contributed by atoms with E-state index in [4.69, 9.17) is 10.5 Å². The number of halogens is 2. The summed E-state index contributed by atoms with van der Waals surface area (Å²) in [5.41, 5.74) is 6.94. The van der Waals surface area contributed by atoms with Gasteiger partial charge in [0.25, 0.3) is 0 Å². The molecule has 0 aliphatic rings. The summed E-state index contributed by atoms with van der Waals surface area (Å²) in [7, 11) is 0. The standard InChI is InChI=1S/C15H13F2NO2/c1-9-5-6-10(7-14(9)18)15(19)20-8-11-12(16)3-2-4-13(11)17/h2-7H,8,18H2,1H3. The number of carbonyl (C=O) groups is 1. The van der Waals surface area contributed by atoms with Gasteiger partial charge in [-0.1, -0.05) is 12.1 Å². The van der Waals surface area contributed by atoms with Gasteiger partial charge in [0.1, 0.15) is 18.2 Å². The molecule has 0 saturated heterocycles. The van der Waals surface area contributed by atoms with Crippen LogP contribution in [0, 0.1) is 18.6 Å². The van der Waals surface area contributed by atoms with E-state index in [0.717, 1.165) is 17.7 Å². The Balaban J connectivity index is 2.11. The number of rotatable bonds is 3.